The molecule has 1 saturated heterocycles. The van der Waals surface area contributed by atoms with Gasteiger partial charge in [0.25, 0.3) is 0 Å². The van der Waals surface area contributed by atoms with Crippen LogP contribution in [0.4, 0.5) is 0 Å². The van der Waals surface area contributed by atoms with Gasteiger partial charge in [-0.2, -0.15) is 0 Å². The van der Waals surface area contributed by atoms with Crippen LogP contribution in [0.5, 0.6) is 0 Å². The molecule has 2 N–H and O–H groups in total. The Morgan fingerprint density at radius 2 is 1.90 bits per heavy atom. The minimum Gasteiger partial charge on any atom is -0.369 e. The van der Waals surface area contributed by atoms with Gasteiger partial charge in [0.15, 0.2) is 0 Å². The van der Waals surface area contributed by atoms with Crippen molar-refractivity contribution in [2.75, 3.05) is 13.1 Å². The van der Waals surface area contributed by atoms with Gasteiger partial charge in [0, 0.05) is 24.0 Å². The summed E-state index contributed by atoms with van der Waals surface area (Å²) in [6.45, 7) is 4.97. The molecule has 21 heavy (non-hydrogen) atoms. The van der Waals surface area contributed by atoms with Gasteiger partial charge in [-0.3, -0.25) is 9.59 Å². The summed E-state index contributed by atoms with van der Waals surface area (Å²) in [4.78, 5) is 25.8. The van der Waals surface area contributed by atoms with Crippen LogP contribution in [-0.2, 0) is 15.0 Å². The van der Waals surface area contributed by atoms with Crippen LogP contribution in [0.15, 0.2) is 24.3 Å². The van der Waals surface area contributed by atoms with E-state index in [0.29, 0.717) is 31.0 Å². The molecule has 0 spiro atoms. The molecular formula is C16H21ClN2O2. The van der Waals surface area contributed by atoms with Gasteiger partial charge in [0.2, 0.25) is 11.8 Å². The van der Waals surface area contributed by atoms with Gasteiger partial charge in [-0.15, -0.1) is 0 Å². The largest absolute Gasteiger partial charge is 0.369 e. The highest BCUT2D eigenvalue weighted by Crippen LogP contribution is 2.29. The van der Waals surface area contributed by atoms with E-state index in [4.69, 9.17) is 17.3 Å². The van der Waals surface area contributed by atoms with Gasteiger partial charge in [-0.25, -0.2) is 0 Å². The van der Waals surface area contributed by atoms with Gasteiger partial charge in [-0.05, 0) is 44.4 Å². The first kappa shape index (κ1) is 15.8. The Labute approximate surface area is 130 Å². The lowest BCUT2D eigenvalue weighted by atomic mass is 9.82. The van der Waals surface area contributed by atoms with Crippen molar-refractivity contribution < 1.29 is 9.59 Å². The van der Waals surface area contributed by atoms with E-state index in [9.17, 15) is 9.59 Å². The van der Waals surface area contributed by atoms with E-state index in [0.717, 1.165) is 5.56 Å². The number of rotatable bonds is 3. The number of primary amides is 1. The standard InChI is InChI=1S/C16H21ClN2O2/c1-16(2,12-4-3-5-13(17)10-12)15(21)19-8-6-11(7-9-19)14(18)20/h3-5,10-11H,6-9H2,1-2H3,(H2,18,20). The zero-order valence-corrected chi connectivity index (χ0v) is 13.2. The van der Waals surface area contributed by atoms with Crippen molar-refractivity contribution in [1.82, 2.24) is 4.90 Å². The zero-order chi connectivity index (χ0) is 15.6. The maximum atomic E-state index is 12.8. The van der Waals surface area contributed by atoms with Crippen LogP contribution in [0.25, 0.3) is 0 Å². The Kier molecular flexibility index (Phi) is 4.57. The van der Waals surface area contributed by atoms with Gasteiger partial charge in [0.1, 0.15) is 0 Å². The van der Waals surface area contributed by atoms with Crippen molar-refractivity contribution in [3.05, 3.63) is 34.9 Å². The molecule has 0 atom stereocenters. The first-order chi connectivity index (χ1) is 9.82. The minimum absolute atomic E-state index is 0.0627. The van der Waals surface area contributed by atoms with Crippen LogP contribution < -0.4 is 5.73 Å². The van der Waals surface area contributed by atoms with Gasteiger partial charge in [0.05, 0.1) is 5.41 Å². The number of benzene rings is 1. The Morgan fingerprint density at radius 1 is 1.29 bits per heavy atom. The molecule has 5 heteroatoms. The van der Waals surface area contributed by atoms with Crippen molar-refractivity contribution in [3.8, 4) is 0 Å². The van der Waals surface area contributed by atoms with Crippen LogP contribution in [0.1, 0.15) is 32.3 Å². The van der Waals surface area contributed by atoms with Crippen LogP contribution in [0.2, 0.25) is 5.02 Å². The number of carbonyl (C=O) groups excluding carboxylic acids is 2. The highest BCUT2D eigenvalue weighted by Gasteiger charge is 2.36. The topological polar surface area (TPSA) is 63.4 Å². The molecule has 1 heterocycles. The van der Waals surface area contributed by atoms with Gasteiger partial charge in [-0.1, -0.05) is 23.7 Å². The van der Waals surface area contributed by atoms with E-state index >= 15 is 0 Å². The molecule has 1 aromatic carbocycles. The summed E-state index contributed by atoms with van der Waals surface area (Å²) < 4.78 is 0. The molecule has 4 nitrogen and oxygen atoms in total. The number of nitrogens with two attached hydrogens (primary N) is 1. The number of likely N-dealkylation sites (tertiary alicyclic amines) is 1. The number of hydrogen-bond acceptors (Lipinski definition) is 2. The molecule has 0 saturated carbocycles. The molecular weight excluding hydrogens is 288 g/mol. The molecule has 2 rings (SSSR count). The number of carbonyl (C=O) groups is 2. The summed E-state index contributed by atoms with van der Waals surface area (Å²) in [6, 6.07) is 7.39. The minimum atomic E-state index is -0.634. The SMILES string of the molecule is CC(C)(C(=O)N1CCC(C(N)=O)CC1)c1cccc(Cl)c1. The average molecular weight is 309 g/mol. The maximum absolute atomic E-state index is 12.8. The Bertz CT molecular complexity index is 549. The third-order valence-corrected chi connectivity index (χ3v) is 4.50. The van der Waals surface area contributed by atoms with E-state index in [1.165, 1.54) is 0 Å². The third-order valence-electron chi connectivity index (χ3n) is 4.27. The molecule has 2 amide bonds. The summed E-state index contributed by atoms with van der Waals surface area (Å²) in [7, 11) is 0. The highest BCUT2D eigenvalue weighted by atomic mass is 35.5. The number of hydrogen-bond donors (Lipinski definition) is 1. The lowest BCUT2D eigenvalue weighted by molar-refractivity contribution is -0.139. The lowest BCUT2D eigenvalue weighted by Gasteiger charge is -2.36. The van der Waals surface area contributed by atoms with Gasteiger partial charge < -0.3 is 10.6 Å². The molecule has 0 unspecified atom stereocenters. The van der Waals surface area contributed by atoms with E-state index in [-0.39, 0.29) is 17.7 Å². The predicted molar refractivity (Wildman–Crippen MR) is 83.0 cm³/mol. The van der Waals surface area contributed by atoms with Crippen molar-refractivity contribution >= 4 is 23.4 Å². The highest BCUT2D eigenvalue weighted by molar-refractivity contribution is 6.30. The Hall–Kier alpha value is -1.55. The fourth-order valence-electron chi connectivity index (χ4n) is 2.76. The van der Waals surface area contributed by atoms with E-state index in [1.807, 2.05) is 36.9 Å². The molecule has 1 aliphatic heterocycles. The fourth-order valence-corrected chi connectivity index (χ4v) is 2.95. The first-order valence-corrected chi connectivity index (χ1v) is 7.55. The fraction of sp³-hybridized carbons (Fsp3) is 0.500. The summed E-state index contributed by atoms with van der Waals surface area (Å²) in [5.74, 6) is -0.313. The molecule has 114 valence electrons. The number of amides is 2. The average Bonchev–Trinajstić information content (AvgIpc) is 2.46. The molecule has 1 fully saturated rings. The van der Waals surface area contributed by atoms with Crippen molar-refractivity contribution in [1.29, 1.82) is 0 Å². The Morgan fingerprint density at radius 3 is 2.43 bits per heavy atom. The maximum Gasteiger partial charge on any atom is 0.232 e. The zero-order valence-electron chi connectivity index (χ0n) is 12.4. The molecule has 0 aromatic heterocycles. The molecule has 1 aromatic rings. The normalized spacial score (nSPS) is 16.8. The van der Waals surface area contributed by atoms with Crippen molar-refractivity contribution in [2.45, 2.75) is 32.1 Å². The second-order valence-electron chi connectivity index (χ2n) is 6.10. The molecule has 1 aliphatic rings. The van der Waals surface area contributed by atoms with Crippen molar-refractivity contribution in [2.24, 2.45) is 11.7 Å². The van der Waals surface area contributed by atoms with Crippen LogP contribution in [0, 0.1) is 5.92 Å². The summed E-state index contributed by atoms with van der Waals surface area (Å²) in [5, 5.41) is 0.626. The quantitative estimate of drug-likeness (QED) is 0.931. The van der Waals surface area contributed by atoms with E-state index in [2.05, 4.69) is 0 Å². The van der Waals surface area contributed by atoms with Crippen LogP contribution in [0.3, 0.4) is 0 Å². The second kappa shape index (κ2) is 6.06. The first-order valence-electron chi connectivity index (χ1n) is 7.17. The summed E-state index contributed by atoms with van der Waals surface area (Å²) in [6.07, 6.45) is 1.29. The third kappa shape index (κ3) is 3.38. The monoisotopic (exact) mass is 308 g/mol. The number of halogens is 1. The van der Waals surface area contributed by atoms with Crippen molar-refractivity contribution in [3.63, 3.8) is 0 Å². The molecule has 0 aliphatic carbocycles. The van der Waals surface area contributed by atoms with Crippen LogP contribution >= 0.6 is 11.6 Å². The van der Waals surface area contributed by atoms with Crippen LogP contribution in [-0.4, -0.2) is 29.8 Å². The summed E-state index contributed by atoms with van der Waals surface area (Å²) in [5.41, 5.74) is 5.59. The number of piperidine rings is 1. The smallest absolute Gasteiger partial charge is 0.232 e. The molecule has 0 radical (unpaired) electrons. The molecule has 0 bridgehead atoms. The van der Waals surface area contributed by atoms with E-state index < -0.39 is 5.41 Å². The number of nitrogens with zero attached hydrogens (tertiary/aromatic N) is 1. The van der Waals surface area contributed by atoms with E-state index in [1.54, 1.807) is 6.07 Å². The predicted octanol–water partition coefficient (Wildman–Crippen LogP) is 2.34. The summed E-state index contributed by atoms with van der Waals surface area (Å²) >= 11 is 6.02. The second-order valence-corrected chi connectivity index (χ2v) is 6.54. The lowest BCUT2D eigenvalue weighted by Crippen LogP contribution is -2.48. The Balaban J connectivity index is 2.11. The van der Waals surface area contributed by atoms with Gasteiger partial charge >= 0.3 is 0 Å².